The van der Waals surface area contributed by atoms with Crippen LogP contribution in [0.25, 0.3) is 11.0 Å². The Morgan fingerprint density at radius 1 is 1.07 bits per heavy atom. The normalized spacial score (nSPS) is 15.4. The number of amides is 2. The lowest BCUT2D eigenvalue weighted by Gasteiger charge is -2.22. The highest BCUT2D eigenvalue weighted by Crippen LogP contribution is 2.40. The number of nitro groups is 1. The van der Waals surface area contributed by atoms with Crippen LogP contribution in [0.1, 0.15) is 78.6 Å². The summed E-state index contributed by atoms with van der Waals surface area (Å²) in [6, 6.07) is 2.68. The molecule has 1 fully saturated rings. The summed E-state index contributed by atoms with van der Waals surface area (Å²) >= 11 is 0. The minimum Gasteiger partial charge on any atom is -0.489 e. The van der Waals surface area contributed by atoms with Crippen LogP contribution in [0, 0.1) is 16.0 Å². The van der Waals surface area contributed by atoms with Crippen molar-refractivity contribution in [2.45, 2.75) is 89.4 Å². The Morgan fingerprint density at radius 3 is 2.61 bits per heavy atom. The fraction of sp³-hybridized carbons (Fsp3) is 0.700. The van der Waals surface area contributed by atoms with Gasteiger partial charge in [-0.15, -0.1) is 0 Å². The zero-order valence-corrected chi connectivity index (χ0v) is 28.4. The Balaban J connectivity index is 1.32. The van der Waals surface area contributed by atoms with E-state index in [4.69, 9.17) is 14.2 Å². The van der Waals surface area contributed by atoms with Gasteiger partial charge in [0.15, 0.2) is 11.3 Å². The van der Waals surface area contributed by atoms with E-state index in [0.29, 0.717) is 32.2 Å². The summed E-state index contributed by atoms with van der Waals surface area (Å²) in [4.78, 5) is 48.2. The third-order valence-electron chi connectivity index (χ3n) is 7.00. The number of nitrogens with zero attached hydrogens (tertiary/aromatic N) is 3. The van der Waals surface area contributed by atoms with Gasteiger partial charge in [-0.3, -0.25) is 24.5 Å². The van der Waals surface area contributed by atoms with Crippen molar-refractivity contribution >= 4 is 56.1 Å². The highest BCUT2D eigenvalue weighted by molar-refractivity contribution is 8.77. The SMILES string of the molecule is CC(C)(C)OC(=O)C[C@@H](CCCCNC(=O)CCCCC1CCSS1)C(=O)NCCOCCOc1ccc([N+](=O)[O-])c2nonc12. The third-order valence-corrected chi connectivity index (χ3v) is 10.0. The second-order valence-corrected chi connectivity index (χ2v) is 14.7. The van der Waals surface area contributed by atoms with Crippen LogP contribution in [-0.4, -0.2) is 82.5 Å². The van der Waals surface area contributed by atoms with Gasteiger partial charge in [0.05, 0.1) is 24.6 Å². The maximum atomic E-state index is 13.0. The van der Waals surface area contributed by atoms with Gasteiger partial charge in [-0.1, -0.05) is 34.4 Å². The number of aromatic nitrogens is 2. The van der Waals surface area contributed by atoms with Crippen molar-refractivity contribution < 1.29 is 38.1 Å². The summed E-state index contributed by atoms with van der Waals surface area (Å²) in [6.45, 7) is 6.63. The van der Waals surface area contributed by atoms with E-state index in [1.807, 2.05) is 21.6 Å². The van der Waals surface area contributed by atoms with Crippen molar-refractivity contribution in [1.29, 1.82) is 0 Å². The lowest BCUT2D eigenvalue weighted by Crippen LogP contribution is -2.36. The van der Waals surface area contributed by atoms with E-state index in [2.05, 4.69) is 25.6 Å². The van der Waals surface area contributed by atoms with Crippen molar-refractivity contribution in [2.75, 3.05) is 38.7 Å². The maximum Gasteiger partial charge on any atom is 0.307 e. The largest absolute Gasteiger partial charge is 0.489 e. The lowest BCUT2D eigenvalue weighted by molar-refractivity contribution is -0.383. The minimum atomic E-state index is -0.655. The number of nitrogens with one attached hydrogen (secondary N) is 2. The molecule has 0 saturated carbocycles. The Bertz CT molecular complexity index is 1280. The topological polar surface area (TPSA) is 185 Å². The summed E-state index contributed by atoms with van der Waals surface area (Å²) < 4.78 is 21.2. The molecule has 1 aliphatic rings. The molecule has 16 heteroatoms. The van der Waals surface area contributed by atoms with Crippen molar-refractivity contribution in [1.82, 2.24) is 20.9 Å². The van der Waals surface area contributed by atoms with Gasteiger partial charge in [-0.2, -0.15) is 0 Å². The summed E-state index contributed by atoms with van der Waals surface area (Å²) in [5.74, 6) is 0.283. The average molecular weight is 684 g/mol. The Morgan fingerprint density at radius 2 is 1.87 bits per heavy atom. The summed E-state index contributed by atoms with van der Waals surface area (Å²) in [7, 11) is 3.90. The molecule has 46 heavy (non-hydrogen) atoms. The monoisotopic (exact) mass is 683 g/mol. The van der Waals surface area contributed by atoms with Crippen molar-refractivity contribution in [3.8, 4) is 5.75 Å². The van der Waals surface area contributed by atoms with Gasteiger partial charge >= 0.3 is 11.7 Å². The van der Waals surface area contributed by atoms with E-state index in [1.54, 1.807) is 20.8 Å². The molecule has 14 nitrogen and oxygen atoms in total. The van der Waals surface area contributed by atoms with Gasteiger partial charge in [-0.25, -0.2) is 4.63 Å². The number of esters is 1. The van der Waals surface area contributed by atoms with Crippen molar-refractivity contribution in [3.63, 3.8) is 0 Å². The number of carbonyl (C=O) groups is 3. The number of unbranched alkanes of at least 4 members (excludes halogenated alkanes) is 2. The predicted octanol–water partition coefficient (Wildman–Crippen LogP) is 4.99. The quantitative estimate of drug-likeness (QED) is 0.0590. The maximum absolute atomic E-state index is 13.0. The Hall–Kier alpha value is -3.11. The second-order valence-electron chi connectivity index (χ2n) is 12.0. The highest BCUT2D eigenvalue weighted by atomic mass is 33.1. The molecule has 1 saturated heterocycles. The molecule has 256 valence electrons. The molecule has 2 heterocycles. The van der Waals surface area contributed by atoms with E-state index >= 15 is 0 Å². The van der Waals surface area contributed by atoms with Gasteiger partial charge < -0.3 is 24.8 Å². The van der Waals surface area contributed by atoms with Crippen LogP contribution in [0.2, 0.25) is 0 Å². The molecule has 2 atom stereocenters. The molecule has 1 unspecified atom stereocenters. The van der Waals surface area contributed by atoms with E-state index in [9.17, 15) is 24.5 Å². The van der Waals surface area contributed by atoms with E-state index in [1.165, 1.54) is 30.7 Å². The fourth-order valence-electron chi connectivity index (χ4n) is 4.76. The first-order chi connectivity index (χ1) is 22.0. The molecule has 3 rings (SSSR count). The van der Waals surface area contributed by atoms with E-state index in [0.717, 1.165) is 18.1 Å². The van der Waals surface area contributed by atoms with E-state index < -0.39 is 22.4 Å². The minimum absolute atomic E-state index is 0.00408. The van der Waals surface area contributed by atoms with Crippen LogP contribution in [0.15, 0.2) is 16.8 Å². The van der Waals surface area contributed by atoms with Crippen LogP contribution in [0.5, 0.6) is 5.75 Å². The number of non-ortho nitro benzene ring substituents is 1. The molecule has 1 aromatic carbocycles. The standard InChI is InChI=1S/C30H45N5O9S2/c1-30(2,3)43-26(37)20-21(8-6-7-14-31-25(36)10-5-4-9-22-13-19-45-46-22)29(38)32-15-16-41-17-18-42-24-12-11-23(35(39)40)27-28(24)34-44-33-27/h11-12,21-22H,4-10,13-20H2,1-3H3,(H,31,36)(H,32,38)/t21-,22?/m1/s1. The highest BCUT2D eigenvalue weighted by Gasteiger charge is 2.25. The fourth-order valence-corrected chi connectivity index (χ4v) is 7.79. The number of hydrogen-bond acceptors (Lipinski definition) is 13. The van der Waals surface area contributed by atoms with Gasteiger partial charge in [-0.05, 0) is 69.3 Å². The lowest BCUT2D eigenvalue weighted by atomic mass is 9.97. The number of rotatable bonds is 21. The Kier molecular flexibility index (Phi) is 15.9. The van der Waals surface area contributed by atoms with Crippen LogP contribution in [-0.2, 0) is 23.9 Å². The molecule has 1 aliphatic heterocycles. The molecule has 0 bridgehead atoms. The van der Waals surface area contributed by atoms with Crippen molar-refractivity contribution in [3.05, 3.63) is 22.2 Å². The predicted molar refractivity (Wildman–Crippen MR) is 176 cm³/mol. The third kappa shape index (κ3) is 13.7. The summed E-state index contributed by atoms with van der Waals surface area (Å²) in [5.41, 5.74) is -0.752. The Labute approximate surface area is 276 Å². The van der Waals surface area contributed by atoms with E-state index in [-0.39, 0.29) is 67.1 Å². The zero-order chi connectivity index (χ0) is 33.4. The molecule has 0 spiro atoms. The number of nitro benzene ring substituents is 1. The number of ether oxygens (including phenoxy) is 3. The number of fused-ring (bicyclic) bond motifs is 1. The van der Waals surface area contributed by atoms with Crippen LogP contribution >= 0.6 is 21.6 Å². The van der Waals surface area contributed by atoms with Gasteiger partial charge in [0.25, 0.3) is 0 Å². The molecule has 2 N–H and O–H groups in total. The number of benzene rings is 1. The first kappa shape index (κ1) is 37.3. The molecular formula is C30H45N5O9S2. The molecule has 0 aliphatic carbocycles. The number of carbonyl (C=O) groups excluding carboxylic acids is 3. The first-order valence-corrected chi connectivity index (χ1v) is 18.1. The van der Waals surface area contributed by atoms with Crippen molar-refractivity contribution in [2.24, 2.45) is 5.92 Å². The molecule has 1 aromatic heterocycles. The van der Waals surface area contributed by atoms with Gasteiger partial charge in [0.1, 0.15) is 12.2 Å². The van der Waals surface area contributed by atoms with Crippen LogP contribution < -0.4 is 15.4 Å². The second kappa shape index (κ2) is 19.5. The first-order valence-electron chi connectivity index (χ1n) is 15.7. The van der Waals surface area contributed by atoms with Gasteiger partial charge in [0, 0.05) is 42.5 Å². The average Bonchev–Trinajstić information content (AvgIpc) is 3.70. The van der Waals surface area contributed by atoms with Crippen LogP contribution in [0.3, 0.4) is 0 Å². The number of hydrogen-bond donors (Lipinski definition) is 2. The summed E-state index contributed by atoms with van der Waals surface area (Å²) in [5, 5.41) is 24.9. The molecule has 0 radical (unpaired) electrons. The summed E-state index contributed by atoms with van der Waals surface area (Å²) in [6.07, 6.45) is 6.74. The molecule has 2 amide bonds. The van der Waals surface area contributed by atoms with Crippen LogP contribution in [0.4, 0.5) is 5.69 Å². The molecular weight excluding hydrogens is 638 g/mol. The molecule has 2 aromatic rings. The van der Waals surface area contributed by atoms with Gasteiger partial charge in [0.2, 0.25) is 17.3 Å². The zero-order valence-electron chi connectivity index (χ0n) is 26.7. The smallest absolute Gasteiger partial charge is 0.307 e.